The van der Waals surface area contributed by atoms with Crippen LogP contribution in [0.2, 0.25) is 0 Å². The van der Waals surface area contributed by atoms with E-state index < -0.39 is 0 Å². The molecule has 2 heterocycles. The second kappa shape index (κ2) is 7.11. The molecule has 0 radical (unpaired) electrons. The molecule has 122 valence electrons. The zero-order chi connectivity index (χ0) is 17.1. The van der Waals surface area contributed by atoms with Gasteiger partial charge < -0.3 is 10.2 Å². The molecule has 0 fully saturated rings. The van der Waals surface area contributed by atoms with Crippen LogP contribution in [0.25, 0.3) is 10.9 Å². The summed E-state index contributed by atoms with van der Waals surface area (Å²) in [5.41, 5.74) is 1.48. The van der Waals surface area contributed by atoms with E-state index in [1.165, 1.54) is 16.2 Å². The lowest BCUT2D eigenvalue weighted by Crippen LogP contribution is -2.34. The van der Waals surface area contributed by atoms with Crippen LogP contribution in [-0.2, 0) is 4.79 Å². The smallest absolute Gasteiger partial charge is 0.264 e. The molecule has 0 aliphatic rings. The Bertz CT molecular complexity index is 909. The number of pyridine rings is 1. The van der Waals surface area contributed by atoms with E-state index >= 15 is 0 Å². The monoisotopic (exact) mass is 403 g/mol. The molecule has 24 heavy (non-hydrogen) atoms. The van der Waals surface area contributed by atoms with E-state index in [1.807, 2.05) is 36.4 Å². The van der Waals surface area contributed by atoms with Crippen molar-refractivity contribution in [3.8, 4) is 0 Å². The number of para-hydroxylation sites is 1. The minimum Gasteiger partial charge on any atom is -0.332 e. The third kappa shape index (κ3) is 3.80. The molecule has 0 aliphatic carbocycles. The Kier molecular flexibility index (Phi) is 4.92. The molecule has 0 saturated carbocycles. The van der Waals surface area contributed by atoms with E-state index in [0.717, 1.165) is 14.7 Å². The number of amides is 2. The van der Waals surface area contributed by atoms with Gasteiger partial charge in [-0.2, -0.15) is 0 Å². The Morgan fingerprint density at radius 1 is 1.25 bits per heavy atom. The summed E-state index contributed by atoms with van der Waals surface area (Å²) >= 11 is 4.67. The van der Waals surface area contributed by atoms with Crippen LogP contribution < -0.4 is 5.32 Å². The first-order valence-corrected chi connectivity index (χ1v) is 8.79. The summed E-state index contributed by atoms with van der Waals surface area (Å²) in [5, 5.41) is 3.72. The van der Waals surface area contributed by atoms with Gasteiger partial charge in [0.05, 0.1) is 32.6 Å². The molecule has 2 aromatic heterocycles. The van der Waals surface area contributed by atoms with Gasteiger partial charge in [-0.25, -0.2) is 0 Å². The van der Waals surface area contributed by atoms with Crippen LogP contribution in [0.4, 0.5) is 5.69 Å². The van der Waals surface area contributed by atoms with E-state index in [4.69, 9.17) is 0 Å². The number of carbonyl (C=O) groups is 2. The zero-order valence-corrected chi connectivity index (χ0v) is 15.2. The number of anilines is 1. The third-order valence-electron chi connectivity index (χ3n) is 3.39. The summed E-state index contributed by atoms with van der Waals surface area (Å²) < 4.78 is 0.880. The minimum atomic E-state index is -0.265. The molecule has 0 aliphatic heterocycles. The standard InChI is InChI=1S/C17H14BrN3O2S/c1-21(17(23)14-6-7-15(18)24-14)10-16(22)20-12-8-11-4-2-3-5-13(11)19-9-12/h2-9H,10H2,1H3,(H,20,22). The van der Waals surface area contributed by atoms with Crippen LogP contribution in [0, 0.1) is 0 Å². The second-order valence-corrected chi connectivity index (χ2v) is 7.69. The Balaban J connectivity index is 1.64. The van der Waals surface area contributed by atoms with E-state index in [2.05, 4.69) is 26.2 Å². The largest absolute Gasteiger partial charge is 0.332 e. The fraction of sp³-hybridized carbons (Fsp3) is 0.118. The molecule has 1 aromatic carbocycles. The highest BCUT2D eigenvalue weighted by atomic mass is 79.9. The lowest BCUT2D eigenvalue weighted by molar-refractivity contribution is -0.116. The molecule has 5 nitrogen and oxygen atoms in total. The molecular formula is C17H14BrN3O2S. The van der Waals surface area contributed by atoms with Crippen LogP contribution >= 0.6 is 27.3 Å². The van der Waals surface area contributed by atoms with Crippen LogP contribution in [0.1, 0.15) is 9.67 Å². The van der Waals surface area contributed by atoms with Gasteiger partial charge in [0, 0.05) is 12.4 Å². The number of nitrogens with one attached hydrogen (secondary N) is 1. The van der Waals surface area contributed by atoms with Crippen molar-refractivity contribution >= 4 is 55.7 Å². The molecule has 2 amide bonds. The topological polar surface area (TPSA) is 62.3 Å². The highest BCUT2D eigenvalue weighted by Crippen LogP contribution is 2.23. The fourth-order valence-corrected chi connectivity index (χ4v) is 3.63. The summed E-state index contributed by atoms with van der Waals surface area (Å²) in [6.07, 6.45) is 1.61. The second-order valence-electron chi connectivity index (χ2n) is 5.23. The van der Waals surface area contributed by atoms with E-state index in [1.54, 1.807) is 19.3 Å². The Hall–Kier alpha value is -2.25. The minimum absolute atomic E-state index is 0.0266. The van der Waals surface area contributed by atoms with Crippen molar-refractivity contribution in [1.29, 1.82) is 0 Å². The zero-order valence-electron chi connectivity index (χ0n) is 12.8. The van der Waals surface area contributed by atoms with Gasteiger partial charge in [-0.1, -0.05) is 18.2 Å². The predicted molar refractivity (Wildman–Crippen MR) is 99.4 cm³/mol. The first-order chi connectivity index (χ1) is 11.5. The molecule has 0 atom stereocenters. The number of nitrogens with zero attached hydrogens (tertiary/aromatic N) is 2. The first-order valence-electron chi connectivity index (χ1n) is 7.18. The highest BCUT2D eigenvalue weighted by molar-refractivity contribution is 9.11. The number of fused-ring (bicyclic) bond motifs is 1. The molecule has 0 saturated heterocycles. The van der Waals surface area contributed by atoms with Crippen LogP contribution in [0.5, 0.6) is 0 Å². The molecule has 3 aromatic rings. The fourth-order valence-electron chi connectivity index (χ4n) is 2.24. The predicted octanol–water partition coefficient (Wildman–Crippen LogP) is 3.77. The molecule has 1 N–H and O–H groups in total. The van der Waals surface area contributed by atoms with Gasteiger partial charge in [-0.15, -0.1) is 11.3 Å². The number of halogens is 1. The maximum absolute atomic E-state index is 12.2. The van der Waals surface area contributed by atoms with Crippen molar-refractivity contribution in [1.82, 2.24) is 9.88 Å². The van der Waals surface area contributed by atoms with Crippen molar-refractivity contribution in [2.45, 2.75) is 0 Å². The summed E-state index contributed by atoms with van der Waals surface area (Å²) in [6, 6.07) is 13.1. The average molecular weight is 404 g/mol. The molecule has 7 heteroatoms. The molecule has 0 spiro atoms. The molecule has 3 rings (SSSR count). The number of benzene rings is 1. The lowest BCUT2D eigenvalue weighted by Gasteiger charge is -2.16. The maximum Gasteiger partial charge on any atom is 0.264 e. The summed E-state index contributed by atoms with van der Waals surface area (Å²) in [6.45, 7) is -0.0266. The van der Waals surface area contributed by atoms with Gasteiger partial charge in [0.15, 0.2) is 0 Å². The van der Waals surface area contributed by atoms with Gasteiger partial charge in [-0.3, -0.25) is 14.6 Å². The van der Waals surface area contributed by atoms with Gasteiger partial charge in [-0.05, 0) is 40.2 Å². The number of hydrogen-bond donors (Lipinski definition) is 1. The number of thiophene rings is 1. The number of likely N-dealkylation sites (N-methyl/N-ethyl adjacent to an activating group) is 1. The summed E-state index contributed by atoms with van der Waals surface area (Å²) in [4.78, 5) is 30.7. The lowest BCUT2D eigenvalue weighted by atomic mass is 10.2. The quantitative estimate of drug-likeness (QED) is 0.720. The third-order valence-corrected chi connectivity index (χ3v) is 5.00. The summed E-state index contributed by atoms with van der Waals surface area (Å²) in [7, 11) is 1.61. The maximum atomic E-state index is 12.2. The van der Waals surface area contributed by atoms with Gasteiger partial charge in [0.2, 0.25) is 5.91 Å². The molecule has 0 bridgehead atoms. The van der Waals surface area contributed by atoms with E-state index in [9.17, 15) is 9.59 Å². The van der Waals surface area contributed by atoms with Gasteiger partial charge >= 0.3 is 0 Å². The van der Waals surface area contributed by atoms with Crippen molar-refractivity contribution in [3.63, 3.8) is 0 Å². The number of hydrogen-bond acceptors (Lipinski definition) is 4. The Labute approximate surface area is 151 Å². The van der Waals surface area contributed by atoms with Crippen molar-refractivity contribution in [3.05, 3.63) is 57.3 Å². The number of carbonyl (C=O) groups excluding carboxylic acids is 2. The summed E-state index contributed by atoms with van der Waals surface area (Å²) in [5.74, 6) is -0.448. The highest BCUT2D eigenvalue weighted by Gasteiger charge is 2.16. The van der Waals surface area contributed by atoms with Crippen LogP contribution in [0.3, 0.4) is 0 Å². The normalized spacial score (nSPS) is 10.6. The van der Waals surface area contributed by atoms with Crippen LogP contribution in [-0.4, -0.2) is 35.3 Å². The van der Waals surface area contributed by atoms with E-state index in [-0.39, 0.29) is 18.4 Å². The number of aromatic nitrogens is 1. The average Bonchev–Trinajstić information content (AvgIpc) is 3.00. The first kappa shape index (κ1) is 16.6. The molecular weight excluding hydrogens is 390 g/mol. The van der Waals surface area contributed by atoms with Crippen molar-refractivity contribution < 1.29 is 9.59 Å². The number of rotatable bonds is 4. The van der Waals surface area contributed by atoms with Gasteiger partial charge in [0.25, 0.3) is 5.91 Å². The van der Waals surface area contributed by atoms with E-state index in [0.29, 0.717) is 10.6 Å². The SMILES string of the molecule is CN(CC(=O)Nc1cnc2ccccc2c1)C(=O)c1ccc(Br)s1. The molecule has 0 unspecified atom stereocenters. The van der Waals surface area contributed by atoms with Crippen molar-refractivity contribution in [2.24, 2.45) is 0 Å². The van der Waals surface area contributed by atoms with Gasteiger partial charge in [0.1, 0.15) is 0 Å². The van der Waals surface area contributed by atoms with Crippen molar-refractivity contribution in [2.75, 3.05) is 18.9 Å². The Morgan fingerprint density at radius 3 is 2.79 bits per heavy atom. The van der Waals surface area contributed by atoms with Crippen LogP contribution in [0.15, 0.2) is 52.4 Å². The Morgan fingerprint density at radius 2 is 2.04 bits per heavy atom.